The second-order valence-corrected chi connectivity index (χ2v) is 11.1. The average Bonchev–Trinajstić information content (AvgIpc) is 2.93. The number of nitrogens with one attached hydrogen (secondary N) is 1. The molecule has 0 saturated heterocycles. The fourth-order valence-electron chi connectivity index (χ4n) is 4.19. The first kappa shape index (κ1) is 30.9. The largest absolute Gasteiger partial charge is 0.492 e. The van der Waals surface area contributed by atoms with Gasteiger partial charge in [0.25, 0.3) is 10.0 Å². The number of halogens is 2. The molecule has 0 aromatic heterocycles. The van der Waals surface area contributed by atoms with Crippen LogP contribution in [0.5, 0.6) is 5.75 Å². The summed E-state index contributed by atoms with van der Waals surface area (Å²) in [6, 6.07) is 16.8. The molecule has 3 aromatic rings. The summed E-state index contributed by atoms with van der Waals surface area (Å²) < 4.78 is 48.2. The number of para-hydroxylation sites is 2. The SMILES string of the molecule is CCNC(=O)[C@@H](CC)N(Cc1ccc(F)cc1)C(=O)CN(c1ccccc1OCC)S(=O)(=O)c1ccc(Cl)cc1. The zero-order chi connectivity index (χ0) is 29.3. The number of carbonyl (C=O) groups excluding carboxylic acids is 2. The van der Waals surface area contributed by atoms with Gasteiger partial charge in [-0.05, 0) is 74.4 Å². The maximum atomic E-state index is 14.0. The van der Waals surface area contributed by atoms with Crippen molar-refractivity contribution in [3.8, 4) is 5.75 Å². The molecule has 0 aliphatic rings. The van der Waals surface area contributed by atoms with Crippen LogP contribution in [0, 0.1) is 5.82 Å². The number of amides is 2. The fourth-order valence-corrected chi connectivity index (χ4v) is 5.74. The molecule has 0 heterocycles. The molecular formula is C29H33ClFN3O5S. The maximum Gasteiger partial charge on any atom is 0.264 e. The highest BCUT2D eigenvalue weighted by Crippen LogP contribution is 2.33. The molecule has 3 aromatic carbocycles. The standard InChI is InChI=1S/C29H33ClFN3O5S/c1-4-25(29(36)32-5-2)33(19-21-11-15-23(31)16-12-21)28(35)20-34(26-9-7-8-10-27(26)39-6-3)40(37,38)24-17-13-22(30)14-18-24/h7-18,25H,4-6,19-20H2,1-3H3,(H,32,36)/t25-/m1/s1. The van der Waals surface area contributed by atoms with E-state index in [2.05, 4.69) is 5.32 Å². The molecular weight excluding hydrogens is 557 g/mol. The lowest BCUT2D eigenvalue weighted by Crippen LogP contribution is -2.52. The van der Waals surface area contributed by atoms with Gasteiger partial charge in [0.05, 0.1) is 17.2 Å². The van der Waals surface area contributed by atoms with E-state index >= 15 is 0 Å². The third kappa shape index (κ3) is 7.51. The molecule has 0 radical (unpaired) electrons. The molecule has 0 aliphatic carbocycles. The molecule has 40 heavy (non-hydrogen) atoms. The van der Waals surface area contributed by atoms with Gasteiger partial charge < -0.3 is 15.0 Å². The normalized spacial score (nSPS) is 11.9. The van der Waals surface area contributed by atoms with Crippen LogP contribution in [-0.4, -0.2) is 50.9 Å². The molecule has 8 nitrogen and oxygen atoms in total. The van der Waals surface area contributed by atoms with Crippen LogP contribution in [0.1, 0.15) is 32.8 Å². The first-order chi connectivity index (χ1) is 19.1. The lowest BCUT2D eigenvalue weighted by atomic mass is 10.1. The van der Waals surface area contributed by atoms with Gasteiger partial charge in [-0.2, -0.15) is 0 Å². The first-order valence-electron chi connectivity index (χ1n) is 12.9. The van der Waals surface area contributed by atoms with E-state index in [1.54, 1.807) is 45.0 Å². The number of anilines is 1. The van der Waals surface area contributed by atoms with Crippen molar-refractivity contribution in [3.63, 3.8) is 0 Å². The van der Waals surface area contributed by atoms with Crippen molar-refractivity contribution in [1.29, 1.82) is 0 Å². The fraction of sp³-hybridized carbons (Fsp3) is 0.310. The summed E-state index contributed by atoms with van der Waals surface area (Å²) in [7, 11) is -4.28. The Morgan fingerprint density at radius 3 is 2.23 bits per heavy atom. The summed E-state index contributed by atoms with van der Waals surface area (Å²) in [5, 5.41) is 3.10. The molecule has 11 heteroatoms. The maximum absolute atomic E-state index is 14.0. The molecule has 2 amide bonds. The number of hydrogen-bond acceptors (Lipinski definition) is 5. The van der Waals surface area contributed by atoms with E-state index in [4.69, 9.17) is 16.3 Å². The Labute approximate surface area is 239 Å². The summed E-state index contributed by atoms with van der Waals surface area (Å²) in [6.45, 7) is 5.27. The molecule has 0 fully saturated rings. The molecule has 0 saturated carbocycles. The van der Waals surface area contributed by atoms with Crippen LogP contribution >= 0.6 is 11.6 Å². The smallest absolute Gasteiger partial charge is 0.264 e. The van der Waals surface area contributed by atoms with E-state index in [0.717, 1.165) is 4.31 Å². The summed E-state index contributed by atoms with van der Waals surface area (Å²) in [5.41, 5.74) is 0.750. The van der Waals surface area contributed by atoms with E-state index in [1.165, 1.54) is 53.4 Å². The Morgan fingerprint density at radius 1 is 0.975 bits per heavy atom. The van der Waals surface area contributed by atoms with Crippen molar-refractivity contribution in [2.45, 2.75) is 44.7 Å². The summed E-state index contributed by atoms with van der Waals surface area (Å²) in [4.78, 5) is 28.2. The van der Waals surface area contributed by atoms with Gasteiger partial charge in [-0.3, -0.25) is 13.9 Å². The molecule has 0 spiro atoms. The van der Waals surface area contributed by atoms with Gasteiger partial charge in [-0.25, -0.2) is 12.8 Å². The van der Waals surface area contributed by atoms with Crippen molar-refractivity contribution in [1.82, 2.24) is 10.2 Å². The van der Waals surface area contributed by atoms with Crippen LogP contribution in [0.3, 0.4) is 0 Å². The first-order valence-corrected chi connectivity index (χ1v) is 14.8. The molecule has 214 valence electrons. The van der Waals surface area contributed by atoms with E-state index < -0.39 is 34.3 Å². The Balaban J connectivity index is 2.10. The third-order valence-electron chi connectivity index (χ3n) is 6.12. The Kier molecular flexibility index (Phi) is 10.9. The topological polar surface area (TPSA) is 96.0 Å². The van der Waals surface area contributed by atoms with Crippen molar-refractivity contribution in [2.75, 3.05) is 24.0 Å². The zero-order valence-electron chi connectivity index (χ0n) is 22.6. The number of rotatable bonds is 13. The van der Waals surface area contributed by atoms with Gasteiger partial charge >= 0.3 is 0 Å². The Morgan fingerprint density at radius 2 is 1.62 bits per heavy atom. The minimum atomic E-state index is -4.28. The zero-order valence-corrected chi connectivity index (χ0v) is 24.2. The van der Waals surface area contributed by atoms with Crippen molar-refractivity contribution in [3.05, 3.63) is 89.2 Å². The highest BCUT2D eigenvalue weighted by atomic mass is 35.5. The summed E-state index contributed by atoms with van der Waals surface area (Å²) in [5.74, 6) is -1.16. The molecule has 1 atom stereocenters. The lowest BCUT2D eigenvalue weighted by Gasteiger charge is -2.33. The summed E-state index contributed by atoms with van der Waals surface area (Å²) >= 11 is 5.99. The highest BCUT2D eigenvalue weighted by molar-refractivity contribution is 7.92. The van der Waals surface area contributed by atoms with Crippen LogP contribution in [0.4, 0.5) is 10.1 Å². The molecule has 0 bridgehead atoms. The predicted molar refractivity (Wildman–Crippen MR) is 153 cm³/mol. The monoisotopic (exact) mass is 589 g/mol. The van der Waals surface area contributed by atoms with Crippen molar-refractivity contribution >= 4 is 39.1 Å². The quantitative estimate of drug-likeness (QED) is 0.302. The van der Waals surface area contributed by atoms with Crippen LogP contribution in [0.25, 0.3) is 0 Å². The Bertz CT molecular complexity index is 1400. The number of ether oxygens (including phenoxy) is 1. The van der Waals surface area contributed by atoms with E-state index in [9.17, 15) is 22.4 Å². The van der Waals surface area contributed by atoms with E-state index in [1.807, 2.05) is 0 Å². The number of carbonyl (C=O) groups is 2. The predicted octanol–water partition coefficient (Wildman–Crippen LogP) is 5.02. The average molecular weight is 590 g/mol. The lowest BCUT2D eigenvalue weighted by molar-refractivity contribution is -0.140. The summed E-state index contributed by atoms with van der Waals surface area (Å²) in [6.07, 6.45) is 0.276. The van der Waals surface area contributed by atoms with Crippen LogP contribution in [-0.2, 0) is 26.2 Å². The van der Waals surface area contributed by atoms with Gasteiger partial charge in [0.1, 0.15) is 24.2 Å². The molecule has 1 N–H and O–H groups in total. The van der Waals surface area contributed by atoms with Gasteiger partial charge in [-0.1, -0.05) is 42.8 Å². The van der Waals surface area contributed by atoms with Crippen LogP contribution < -0.4 is 14.4 Å². The number of hydrogen-bond donors (Lipinski definition) is 1. The van der Waals surface area contributed by atoms with E-state index in [0.29, 0.717) is 17.1 Å². The number of sulfonamides is 1. The van der Waals surface area contributed by atoms with Gasteiger partial charge in [0.2, 0.25) is 11.8 Å². The van der Waals surface area contributed by atoms with Crippen molar-refractivity contribution in [2.24, 2.45) is 0 Å². The van der Waals surface area contributed by atoms with Gasteiger partial charge in [0, 0.05) is 18.1 Å². The molecule has 0 aliphatic heterocycles. The highest BCUT2D eigenvalue weighted by Gasteiger charge is 2.34. The third-order valence-corrected chi connectivity index (χ3v) is 8.14. The second-order valence-electron chi connectivity index (χ2n) is 8.83. The van der Waals surface area contributed by atoms with E-state index in [-0.39, 0.29) is 41.8 Å². The second kappa shape index (κ2) is 14.1. The molecule has 0 unspecified atom stereocenters. The minimum absolute atomic E-state index is 0.0311. The van der Waals surface area contributed by atoms with Gasteiger partial charge in [-0.15, -0.1) is 0 Å². The van der Waals surface area contributed by atoms with Crippen LogP contribution in [0.15, 0.2) is 77.7 Å². The Hall–Kier alpha value is -3.63. The van der Waals surface area contributed by atoms with Crippen molar-refractivity contribution < 1.29 is 27.1 Å². The van der Waals surface area contributed by atoms with Gasteiger partial charge in [0.15, 0.2) is 0 Å². The number of likely N-dealkylation sites (N-methyl/N-ethyl adjacent to an activating group) is 1. The minimum Gasteiger partial charge on any atom is -0.492 e. The number of benzene rings is 3. The van der Waals surface area contributed by atoms with Crippen LogP contribution in [0.2, 0.25) is 5.02 Å². The molecule has 3 rings (SSSR count). The number of nitrogens with zero attached hydrogens (tertiary/aromatic N) is 2.